The van der Waals surface area contributed by atoms with Crippen molar-refractivity contribution in [1.82, 2.24) is 4.31 Å². The molecule has 0 radical (unpaired) electrons. The van der Waals surface area contributed by atoms with E-state index in [0.717, 1.165) is 4.31 Å². The van der Waals surface area contributed by atoms with Gasteiger partial charge in [0.2, 0.25) is 10.0 Å². The second-order valence-electron chi connectivity index (χ2n) is 8.05. The van der Waals surface area contributed by atoms with Crippen LogP contribution in [0.5, 0.6) is 0 Å². The van der Waals surface area contributed by atoms with Crippen molar-refractivity contribution in [3.63, 3.8) is 0 Å². The van der Waals surface area contributed by atoms with Gasteiger partial charge in [-0.3, -0.25) is 4.79 Å². The molecule has 138 valence electrons. The topological polar surface area (TPSA) is 80.8 Å². The second-order valence-corrected chi connectivity index (χ2v) is 10.1. The van der Waals surface area contributed by atoms with Crippen LogP contribution in [0, 0.1) is 11.8 Å². The van der Waals surface area contributed by atoms with Crippen molar-refractivity contribution in [3.8, 4) is 0 Å². The molecule has 2 aliphatic rings. The van der Waals surface area contributed by atoms with E-state index in [1.165, 1.54) is 0 Å². The number of rotatable bonds is 5. The van der Waals surface area contributed by atoms with Gasteiger partial charge in [-0.05, 0) is 52.4 Å². The third-order valence-electron chi connectivity index (χ3n) is 4.74. The minimum atomic E-state index is -3.71. The Labute approximate surface area is 145 Å². The van der Waals surface area contributed by atoms with Gasteiger partial charge in [-0.15, -0.1) is 0 Å². The maximum absolute atomic E-state index is 12.8. The van der Waals surface area contributed by atoms with E-state index < -0.39 is 33.0 Å². The molecule has 2 rings (SSSR count). The Kier molecular flexibility index (Phi) is 5.33. The number of ether oxygens (including phenoxy) is 1. The predicted molar refractivity (Wildman–Crippen MR) is 91.0 cm³/mol. The molecule has 0 aliphatic heterocycles. The molecule has 0 N–H and O–H groups in total. The Balaban J connectivity index is 2.27. The molecule has 2 saturated carbocycles. The van der Waals surface area contributed by atoms with E-state index in [2.05, 4.69) is 0 Å². The second kappa shape index (κ2) is 6.65. The van der Waals surface area contributed by atoms with Gasteiger partial charge in [-0.1, -0.05) is 13.8 Å². The monoisotopic (exact) mass is 359 g/mol. The Morgan fingerprint density at radius 2 is 1.75 bits per heavy atom. The third-order valence-corrected chi connectivity index (χ3v) is 7.05. The van der Waals surface area contributed by atoms with Crippen LogP contribution in [0.2, 0.25) is 0 Å². The summed E-state index contributed by atoms with van der Waals surface area (Å²) in [4.78, 5) is 24.7. The lowest BCUT2D eigenvalue weighted by molar-refractivity contribution is -0.123. The van der Waals surface area contributed by atoms with Gasteiger partial charge in [-0.2, -0.15) is 0 Å². The summed E-state index contributed by atoms with van der Waals surface area (Å²) in [5.41, 5.74) is -0.767. The quantitative estimate of drug-likeness (QED) is 0.753. The van der Waals surface area contributed by atoms with E-state index in [0.29, 0.717) is 32.1 Å². The van der Waals surface area contributed by atoms with E-state index in [-0.39, 0.29) is 17.6 Å². The zero-order valence-corrected chi connectivity index (χ0v) is 16.1. The van der Waals surface area contributed by atoms with Crippen molar-refractivity contribution in [3.05, 3.63) is 0 Å². The maximum atomic E-state index is 12.8. The highest BCUT2D eigenvalue weighted by Gasteiger charge is 2.50. The number of sulfonamides is 1. The average molecular weight is 359 g/mol. The van der Waals surface area contributed by atoms with E-state index in [1.807, 2.05) is 13.8 Å². The van der Waals surface area contributed by atoms with Crippen molar-refractivity contribution in [2.24, 2.45) is 11.8 Å². The number of Topliss-reactive ketones (excluding diaryl/α,β-unsaturated/α-hetero) is 1. The normalized spacial score (nSPS) is 27.8. The molecule has 0 bridgehead atoms. The number of ketones is 1. The first-order chi connectivity index (χ1) is 11.0. The van der Waals surface area contributed by atoms with Crippen molar-refractivity contribution in [1.29, 1.82) is 0 Å². The van der Waals surface area contributed by atoms with Crippen molar-refractivity contribution >= 4 is 21.9 Å². The number of hydrogen-bond donors (Lipinski definition) is 0. The summed E-state index contributed by atoms with van der Waals surface area (Å²) in [5, 5.41) is -0.485. The van der Waals surface area contributed by atoms with Crippen LogP contribution in [-0.4, -0.2) is 41.5 Å². The van der Waals surface area contributed by atoms with Crippen molar-refractivity contribution in [2.45, 2.75) is 83.6 Å². The zero-order chi connectivity index (χ0) is 18.3. The van der Waals surface area contributed by atoms with Gasteiger partial charge in [0, 0.05) is 12.3 Å². The minimum absolute atomic E-state index is 0.0711. The average Bonchev–Trinajstić information content (AvgIpc) is 3.21. The summed E-state index contributed by atoms with van der Waals surface area (Å²) in [7, 11) is -3.71. The van der Waals surface area contributed by atoms with Gasteiger partial charge in [0.1, 0.15) is 11.4 Å². The largest absolute Gasteiger partial charge is 0.443 e. The van der Waals surface area contributed by atoms with Crippen LogP contribution in [0.25, 0.3) is 0 Å². The van der Waals surface area contributed by atoms with Crippen LogP contribution in [-0.2, 0) is 19.6 Å². The molecule has 1 amide bonds. The molecule has 7 heteroatoms. The van der Waals surface area contributed by atoms with Gasteiger partial charge >= 0.3 is 6.09 Å². The fourth-order valence-corrected chi connectivity index (χ4v) is 5.30. The molecule has 2 aliphatic carbocycles. The molecular formula is C17H29NO5S. The van der Waals surface area contributed by atoms with Gasteiger partial charge < -0.3 is 4.74 Å². The SMILES string of the molecule is CCC(=O)C1CC(N(C(=O)OC(C)(C)C)S(=O)(=O)C2CC2)CC1C. The Hall–Kier alpha value is -1.11. The minimum Gasteiger partial charge on any atom is -0.443 e. The summed E-state index contributed by atoms with van der Waals surface area (Å²) >= 11 is 0. The molecule has 0 aromatic rings. The van der Waals surface area contributed by atoms with E-state index in [4.69, 9.17) is 4.74 Å². The van der Waals surface area contributed by atoms with Crippen LogP contribution in [0.15, 0.2) is 0 Å². The van der Waals surface area contributed by atoms with E-state index in [9.17, 15) is 18.0 Å². The maximum Gasteiger partial charge on any atom is 0.424 e. The van der Waals surface area contributed by atoms with Crippen LogP contribution in [0.4, 0.5) is 4.79 Å². The number of amides is 1. The van der Waals surface area contributed by atoms with Gasteiger partial charge in [0.05, 0.1) is 11.3 Å². The van der Waals surface area contributed by atoms with Gasteiger partial charge in [-0.25, -0.2) is 17.5 Å². The molecule has 24 heavy (non-hydrogen) atoms. The lowest BCUT2D eigenvalue weighted by Crippen LogP contribution is -2.47. The van der Waals surface area contributed by atoms with Crippen LogP contribution < -0.4 is 0 Å². The van der Waals surface area contributed by atoms with Crippen molar-refractivity contribution < 1.29 is 22.7 Å². The zero-order valence-electron chi connectivity index (χ0n) is 15.2. The number of carbonyl (C=O) groups excluding carboxylic acids is 2. The van der Waals surface area contributed by atoms with E-state index >= 15 is 0 Å². The first-order valence-electron chi connectivity index (χ1n) is 8.76. The molecule has 3 atom stereocenters. The molecule has 2 fully saturated rings. The molecule has 0 aromatic carbocycles. The van der Waals surface area contributed by atoms with Gasteiger partial charge in [0.25, 0.3) is 0 Å². The third kappa shape index (κ3) is 4.10. The Bertz CT molecular complexity index is 603. The van der Waals surface area contributed by atoms with Crippen LogP contribution in [0.3, 0.4) is 0 Å². The molecule has 0 spiro atoms. The summed E-state index contributed by atoms with van der Waals surface area (Å²) in [5.74, 6) is 0.0269. The molecule has 0 aromatic heterocycles. The molecule has 0 heterocycles. The first kappa shape index (κ1) is 19.2. The fraction of sp³-hybridized carbons (Fsp3) is 0.882. The lowest BCUT2D eigenvalue weighted by Gasteiger charge is -2.31. The molecule has 3 unspecified atom stereocenters. The van der Waals surface area contributed by atoms with Gasteiger partial charge in [0.15, 0.2) is 0 Å². The number of hydrogen-bond acceptors (Lipinski definition) is 5. The van der Waals surface area contributed by atoms with E-state index in [1.54, 1.807) is 20.8 Å². The molecular weight excluding hydrogens is 330 g/mol. The highest BCUT2D eigenvalue weighted by molar-refractivity contribution is 7.90. The fourth-order valence-electron chi connectivity index (χ4n) is 3.41. The smallest absolute Gasteiger partial charge is 0.424 e. The van der Waals surface area contributed by atoms with Crippen molar-refractivity contribution in [2.75, 3.05) is 0 Å². The summed E-state index contributed by atoms with van der Waals surface area (Å²) < 4.78 is 31.9. The highest BCUT2D eigenvalue weighted by atomic mass is 32.2. The standard InChI is InChI=1S/C17H29NO5S/c1-6-15(19)14-10-12(9-11(14)2)18(16(20)23-17(3,4)5)24(21,22)13-7-8-13/h11-14H,6-10H2,1-5H3. The number of nitrogens with zero attached hydrogens (tertiary/aromatic N) is 1. The summed E-state index contributed by atoms with van der Waals surface area (Å²) in [6, 6.07) is -0.485. The van der Waals surface area contributed by atoms with Crippen LogP contribution in [0.1, 0.15) is 66.7 Å². The summed E-state index contributed by atoms with van der Waals surface area (Å²) in [6.45, 7) is 8.92. The molecule has 6 nitrogen and oxygen atoms in total. The Morgan fingerprint density at radius 1 is 1.17 bits per heavy atom. The predicted octanol–water partition coefficient (Wildman–Crippen LogP) is 3.11. The summed E-state index contributed by atoms with van der Waals surface area (Å²) in [6.07, 6.45) is 1.71. The highest BCUT2D eigenvalue weighted by Crippen LogP contribution is 2.40. The number of carbonyl (C=O) groups is 2. The Morgan fingerprint density at radius 3 is 2.21 bits per heavy atom. The van der Waals surface area contributed by atoms with Crippen LogP contribution >= 0.6 is 0 Å². The molecule has 0 saturated heterocycles. The lowest BCUT2D eigenvalue weighted by atomic mass is 9.92. The first-order valence-corrected chi connectivity index (χ1v) is 10.3.